The normalized spacial score (nSPS) is 10.4. The SMILES string of the molecule is Cc1cc(COc2ccc(Br)cc2F)on1. The number of aromatic nitrogens is 1. The molecule has 0 bridgehead atoms. The van der Waals surface area contributed by atoms with Crippen molar-refractivity contribution in [3.8, 4) is 5.75 Å². The minimum absolute atomic E-state index is 0.166. The second kappa shape index (κ2) is 4.65. The van der Waals surface area contributed by atoms with Gasteiger partial charge in [-0.15, -0.1) is 0 Å². The molecule has 1 aromatic heterocycles. The number of rotatable bonds is 3. The third kappa shape index (κ3) is 2.61. The summed E-state index contributed by atoms with van der Waals surface area (Å²) in [6.07, 6.45) is 0. The van der Waals surface area contributed by atoms with Crippen LogP contribution in [0.15, 0.2) is 33.3 Å². The first-order valence-electron chi connectivity index (χ1n) is 4.65. The number of aryl methyl sites for hydroxylation is 1. The van der Waals surface area contributed by atoms with Gasteiger partial charge in [0.25, 0.3) is 0 Å². The van der Waals surface area contributed by atoms with Crippen LogP contribution in [0, 0.1) is 12.7 Å². The zero-order valence-corrected chi connectivity index (χ0v) is 10.1. The second-order valence-electron chi connectivity index (χ2n) is 3.30. The topological polar surface area (TPSA) is 35.3 Å². The van der Waals surface area contributed by atoms with E-state index in [4.69, 9.17) is 9.26 Å². The molecule has 2 rings (SSSR count). The molecule has 1 heterocycles. The molecule has 0 N–H and O–H groups in total. The fourth-order valence-electron chi connectivity index (χ4n) is 1.23. The summed E-state index contributed by atoms with van der Waals surface area (Å²) in [6.45, 7) is 1.98. The maximum Gasteiger partial charge on any atom is 0.174 e. The van der Waals surface area contributed by atoms with Crippen molar-refractivity contribution in [3.63, 3.8) is 0 Å². The van der Waals surface area contributed by atoms with Crippen LogP contribution in [0.2, 0.25) is 0 Å². The molecule has 1 aromatic carbocycles. The van der Waals surface area contributed by atoms with Crippen LogP contribution < -0.4 is 4.74 Å². The summed E-state index contributed by atoms with van der Waals surface area (Å²) < 4.78 is 24.2. The number of halogens is 2. The van der Waals surface area contributed by atoms with E-state index in [2.05, 4.69) is 21.1 Å². The molecular formula is C11H9BrFNO2. The lowest BCUT2D eigenvalue weighted by Gasteiger charge is -2.04. The third-order valence-electron chi connectivity index (χ3n) is 1.94. The summed E-state index contributed by atoms with van der Waals surface area (Å²) in [4.78, 5) is 0. The lowest BCUT2D eigenvalue weighted by molar-refractivity contribution is 0.240. The van der Waals surface area contributed by atoms with Gasteiger partial charge in [-0.2, -0.15) is 0 Å². The number of benzene rings is 1. The van der Waals surface area contributed by atoms with Crippen molar-refractivity contribution < 1.29 is 13.7 Å². The Bertz CT molecular complexity index is 498. The molecule has 0 spiro atoms. The minimum atomic E-state index is -0.411. The van der Waals surface area contributed by atoms with Gasteiger partial charge < -0.3 is 9.26 Å². The Morgan fingerprint density at radius 1 is 1.44 bits per heavy atom. The first-order valence-corrected chi connectivity index (χ1v) is 5.44. The first-order chi connectivity index (χ1) is 7.65. The molecule has 3 nitrogen and oxygen atoms in total. The van der Waals surface area contributed by atoms with Crippen LogP contribution in [0.4, 0.5) is 4.39 Å². The van der Waals surface area contributed by atoms with Gasteiger partial charge >= 0.3 is 0 Å². The number of nitrogens with zero attached hydrogens (tertiary/aromatic N) is 1. The standard InChI is InChI=1S/C11H9BrFNO2/c1-7-4-9(16-14-7)6-15-11-3-2-8(12)5-10(11)13/h2-5H,6H2,1H3. The smallest absolute Gasteiger partial charge is 0.174 e. The lowest BCUT2D eigenvalue weighted by Crippen LogP contribution is -1.96. The average Bonchev–Trinajstić information content (AvgIpc) is 2.63. The molecule has 0 aliphatic heterocycles. The summed E-state index contributed by atoms with van der Waals surface area (Å²) in [6, 6.07) is 6.37. The number of ether oxygens (including phenoxy) is 1. The number of hydrogen-bond acceptors (Lipinski definition) is 3. The highest BCUT2D eigenvalue weighted by Gasteiger charge is 2.06. The van der Waals surface area contributed by atoms with Crippen LogP contribution in [0.3, 0.4) is 0 Å². The van der Waals surface area contributed by atoms with Crippen molar-refractivity contribution in [3.05, 3.63) is 46.0 Å². The molecule has 0 amide bonds. The molecule has 0 saturated heterocycles. The fourth-order valence-corrected chi connectivity index (χ4v) is 1.56. The van der Waals surface area contributed by atoms with Gasteiger partial charge in [0, 0.05) is 10.5 Å². The Morgan fingerprint density at radius 2 is 2.25 bits per heavy atom. The third-order valence-corrected chi connectivity index (χ3v) is 2.43. The zero-order chi connectivity index (χ0) is 11.5. The molecule has 0 atom stereocenters. The van der Waals surface area contributed by atoms with Crippen molar-refractivity contribution in [2.45, 2.75) is 13.5 Å². The Balaban J connectivity index is 2.04. The van der Waals surface area contributed by atoms with Gasteiger partial charge in [-0.25, -0.2) is 4.39 Å². The van der Waals surface area contributed by atoms with E-state index in [0.717, 1.165) is 5.69 Å². The van der Waals surface area contributed by atoms with Crippen molar-refractivity contribution >= 4 is 15.9 Å². The van der Waals surface area contributed by atoms with Crippen LogP contribution in [0.5, 0.6) is 5.75 Å². The van der Waals surface area contributed by atoms with E-state index in [9.17, 15) is 4.39 Å². The summed E-state index contributed by atoms with van der Waals surface area (Å²) in [7, 11) is 0. The van der Waals surface area contributed by atoms with Crippen LogP contribution in [-0.4, -0.2) is 5.16 Å². The Hall–Kier alpha value is -1.36. The molecule has 0 saturated carbocycles. The lowest BCUT2D eigenvalue weighted by atomic mass is 10.3. The van der Waals surface area contributed by atoms with E-state index in [0.29, 0.717) is 10.2 Å². The van der Waals surface area contributed by atoms with Crippen LogP contribution in [-0.2, 0) is 6.61 Å². The van der Waals surface area contributed by atoms with E-state index >= 15 is 0 Å². The Labute approximate surface area is 100 Å². The van der Waals surface area contributed by atoms with E-state index in [-0.39, 0.29) is 12.4 Å². The maximum atomic E-state index is 13.4. The minimum Gasteiger partial charge on any atom is -0.482 e. The Morgan fingerprint density at radius 3 is 2.88 bits per heavy atom. The summed E-state index contributed by atoms with van der Waals surface area (Å²) in [5.41, 5.74) is 0.773. The van der Waals surface area contributed by atoms with Gasteiger partial charge in [-0.3, -0.25) is 0 Å². The summed E-state index contributed by atoms with van der Waals surface area (Å²) >= 11 is 3.17. The van der Waals surface area contributed by atoms with E-state index < -0.39 is 5.82 Å². The highest BCUT2D eigenvalue weighted by atomic mass is 79.9. The average molecular weight is 286 g/mol. The zero-order valence-electron chi connectivity index (χ0n) is 8.54. The van der Waals surface area contributed by atoms with Gasteiger partial charge in [0.1, 0.15) is 6.61 Å². The molecule has 0 aliphatic rings. The summed E-state index contributed by atoms with van der Waals surface area (Å²) in [5, 5.41) is 3.71. The molecular weight excluding hydrogens is 277 g/mol. The molecule has 0 fully saturated rings. The van der Waals surface area contributed by atoms with E-state index in [1.165, 1.54) is 6.07 Å². The molecule has 84 valence electrons. The molecule has 0 radical (unpaired) electrons. The quantitative estimate of drug-likeness (QED) is 0.866. The van der Waals surface area contributed by atoms with E-state index in [1.807, 2.05) is 6.92 Å². The van der Waals surface area contributed by atoms with Crippen LogP contribution in [0.25, 0.3) is 0 Å². The monoisotopic (exact) mass is 285 g/mol. The molecule has 16 heavy (non-hydrogen) atoms. The predicted molar refractivity (Wildman–Crippen MR) is 59.7 cm³/mol. The highest BCUT2D eigenvalue weighted by molar-refractivity contribution is 9.10. The maximum absolute atomic E-state index is 13.4. The number of hydrogen-bond donors (Lipinski definition) is 0. The predicted octanol–water partition coefficient (Wildman–Crippen LogP) is 3.46. The van der Waals surface area contributed by atoms with Crippen molar-refractivity contribution in [2.24, 2.45) is 0 Å². The second-order valence-corrected chi connectivity index (χ2v) is 4.21. The fraction of sp³-hybridized carbons (Fsp3) is 0.182. The molecule has 5 heteroatoms. The van der Waals surface area contributed by atoms with Crippen LogP contribution >= 0.6 is 15.9 Å². The van der Waals surface area contributed by atoms with Crippen molar-refractivity contribution in [2.75, 3.05) is 0 Å². The van der Waals surface area contributed by atoms with Gasteiger partial charge in [0.15, 0.2) is 17.3 Å². The molecule has 0 aliphatic carbocycles. The molecule has 0 unspecified atom stereocenters. The van der Waals surface area contributed by atoms with Crippen molar-refractivity contribution in [1.82, 2.24) is 5.16 Å². The molecule has 2 aromatic rings. The van der Waals surface area contributed by atoms with Crippen molar-refractivity contribution in [1.29, 1.82) is 0 Å². The first kappa shape index (κ1) is 11.1. The highest BCUT2D eigenvalue weighted by Crippen LogP contribution is 2.22. The van der Waals surface area contributed by atoms with Gasteiger partial charge in [0.05, 0.1) is 5.69 Å². The van der Waals surface area contributed by atoms with E-state index in [1.54, 1.807) is 18.2 Å². The van der Waals surface area contributed by atoms with Gasteiger partial charge in [0.2, 0.25) is 0 Å². The van der Waals surface area contributed by atoms with Gasteiger partial charge in [-0.1, -0.05) is 21.1 Å². The summed E-state index contributed by atoms with van der Waals surface area (Å²) in [5.74, 6) is 0.350. The van der Waals surface area contributed by atoms with Gasteiger partial charge in [-0.05, 0) is 25.1 Å². The largest absolute Gasteiger partial charge is 0.482 e. The van der Waals surface area contributed by atoms with Crippen LogP contribution in [0.1, 0.15) is 11.5 Å². The Kier molecular flexibility index (Phi) is 3.24.